The average molecular weight is 567 g/mol. The number of aliphatic hydroxyl groups excluding tert-OH is 1. The number of aliphatic hydroxyl groups is 1. The van der Waals surface area contributed by atoms with Crippen LogP contribution in [0, 0.1) is 6.92 Å². The summed E-state index contributed by atoms with van der Waals surface area (Å²) < 4.78 is 5.82. The van der Waals surface area contributed by atoms with E-state index in [0.29, 0.717) is 32.6 Å². The van der Waals surface area contributed by atoms with Crippen molar-refractivity contribution < 1.29 is 19.4 Å². The summed E-state index contributed by atoms with van der Waals surface area (Å²) in [7, 11) is 0. The number of rotatable bonds is 7. The van der Waals surface area contributed by atoms with Crippen LogP contribution in [0.4, 0.5) is 5.69 Å². The van der Waals surface area contributed by atoms with Gasteiger partial charge in [-0.1, -0.05) is 75.4 Å². The molecule has 0 spiro atoms. The van der Waals surface area contributed by atoms with Gasteiger partial charge in [-0.15, -0.1) is 11.3 Å². The van der Waals surface area contributed by atoms with Crippen LogP contribution in [0.2, 0.25) is 0 Å². The van der Waals surface area contributed by atoms with Crippen LogP contribution in [0.1, 0.15) is 67.2 Å². The SMILES string of the molecule is Cc1nc(-c2ccccc2)sc1C(=O)C1=C(O)C(=O)N(c2ccc(C(C)(C)C)cc2)C1c1ccc(OC(C)C)cc1. The molecule has 1 atom stereocenters. The number of carbonyl (C=O) groups excluding carboxylic acids is 2. The fraction of sp³-hybridized carbons (Fsp3) is 0.265. The lowest BCUT2D eigenvalue weighted by Gasteiger charge is -2.28. The van der Waals surface area contributed by atoms with Gasteiger partial charge < -0.3 is 9.84 Å². The lowest BCUT2D eigenvalue weighted by Crippen LogP contribution is -2.31. The second kappa shape index (κ2) is 11.0. The van der Waals surface area contributed by atoms with E-state index in [-0.39, 0.29) is 17.1 Å². The smallest absolute Gasteiger partial charge is 0.294 e. The number of amides is 1. The van der Waals surface area contributed by atoms with Crippen molar-refractivity contribution in [3.05, 3.63) is 112 Å². The van der Waals surface area contributed by atoms with Gasteiger partial charge in [0.05, 0.1) is 28.3 Å². The fourth-order valence-electron chi connectivity index (χ4n) is 4.98. The molecule has 1 aromatic heterocycles. The highest BCUT2D eigenvalue weighted by Crippen LogP contribution is 2.44. The zero-order valence-electron chi connectivity index (χ0n) is 24.1. The molecule has 5 rings (SSSR count). The Hall–Kier alpha value is -4.23. The van der Waals surface area contributed by atoms with E-state index in [4.69, 9.17) is 4.74 Å². The molecule has 7 heteroatoms. The standard InChI is InChI=1S/C34H34N2O4S/c1-20(2)40-26-18-12-22(13-19-26)28-27(29(37)31-21(3)35-32(41-31)23-10-8-7-9-11-23)30(38)33(39)36(28)25-16-14-24(15-17-25)34(4,5)6/h7-20,28,38H,1-6H3. The molecule has 6 nitrogen and oxygen atoms in total. The summed E-state index contributed by atoms with van der Waals surface area (Å²) in [6.45, 7) is 12.0. The molecule has 210 valence electrons. The molecule has 1 unspecified atom stereocenters. The molecule has 0 saturated carbocycles. The Bertz CT molecular complexity index is 1610. The molecule has 1 aliphatic heterocycles. The van der Waals surface area contributed by atoms with Gasteiger partial charge >= 0.3 is 0 Å². The van der Waals surface area contributed by atoms with E-state index in [1.807, 2.05) is 92.7 Å². The first-order valence-corrected chi connectivity index (χ1v) is 14.5. The number of carbonyl (C=O) groups is 2. The molecule has 4 aromatic rings. The predicted octanol–water partition coefficient (Wildman–Crippen LogP) is 7.99. The minimum absolute atomic E-state index is 0.000862. The van der Waals surface area contributed by atoms with Crippen LogP contribution in [-0.2, 0) is 10.2 Å². The monoisotopic (exact) mass is 566 g/mol. The number of anilines is 1. The number of ketones is 1. The van der Waals surface area contributed by atoms with Crippen LogP contribution >= 0.6 is 11.3 Å². The van der Waals surface area contributed by atoms with Crippen LogP contribution in [0.15, 0.2) is 90.2 Å². The molecule has 0 saturated heterocycles. The number of hydrogen-bond donors (Lipinski definition) is 1. The van der Waals surface area contributed by atoms with Crippen molar-refractivity contribution in [3.8, 4) is 16.3 Å². The molecule has 3 aromatic carbocycles. The lowest BCUT2D eigenvalue weighted by atomic mass is 9.87. The second-order valence-electron chi connectivity index (χ2n) is 11.5. The summed E-state index contributed by atoms with van der Waals surface area (Å²) >= 11 is 1.26. The average Bonchev–Trinajstić information content (AvgIpc) is 3.45. The summed E-state index contributed by atoms with van der Waals surface area (Å²) in [4.78, 5) is 34.4. The third kappa shape index (κ3) is 5.55. The quantitative estimate of drug-likeness (QED) is 0.229. The van der Waals surface area contributed by atoms with Crippen LogP contribution in [0.3, 0.4) is 0 Å². The highest BCUT2D eigenvalue weighted by molar-refractivity contribution is 7.17. The number of Topliss-reactive ketones (excluding diaryl/α,β-unsaturated/α-hetero) is 1. The predicted molar refractivity (Wildman–Crippen MR) is 164 cm³/mol. The Morgan fingerprint density at radius 1 is 0.976 bits per heavy atom. The third-order valence-corrected chi connectivity index (χ3v) is 8.26. The molecular formula is C34H34N2O4S. The van der Waals surface area contributed by atoms with E-state index in [0.717, 1.165) is 11.1 Å². The normalized spacial score (nSPS) is 15.6. The molecule has 1 amide bonds. The van der Waals surface area contributed by atoms with Gasteiger partial charge in [-0.2, -0.15) is 0 Å². The summed E-state index contributed by atoms with van der Waals surface area (Å²) in [5, 5.41) is 12.0. The maximum absolute atomic E-state index is 14.2. The fourth-order valence-corrected chi connectivity index (χ4v) is 6.00. The van der Waals surface area contributed by atoms with Gasteiger partial charge in [0.15, 0.2) is 5.76 Å². The van der Waals surface area contributed by atoms with Gasteiger partial charge in [0.1, 0.15) is 10.8 Å². The number of nitrogens with zero attached hydrogens (tertiary/aromatic N) is 2. The van der Waals surface area contributed by atoms with Crippen LogP contribution in [0.25, 0.3) is 10.6 Å². The maximum atomic E-state index is 14.2. The summed E-state index contributed by atoms with van der Waals surface area (Å²) in [6.07, 6.45) is 0.000862. The highest BCUT2D eigenvalue weighted by Gasteiger charge is 2.45. The van der Waals surface area contributed by atoms with E-state index in [1.165, 1.54) is 16.2 Å². The topological polar surface area (TPSA) is 79.7 Å². The Balaban J connectivity index is 1.60. The maximum Gasteiger partial charge on any atom is 0.294 e. The van der Waals surface area contributed by atoms with Gasteiger partial charge in [-0.25, -0.2) is 4.98 Å². The van der Waals surface area contributed by atoms with Crippen molar-refractivity contribution in [1.82, 2.24) is 4.98 Å². The van der Waals surface area contributed by atoms with Crippen LogP contribution < -0.4 is 9.64 Å². The number of thiazole rings is 1. The van der Waals surface area contributed by atoms with Crippen LogP contribution in [-0.4, -0.2) is 27.9 Å². The van der Waals surface area contributed by atoms with Crippen molar-refractivity contribution >= 4 is 28.7 Å². The highest BCUT2D eigenvalue weighted by atomic mass is 32.1. The van der Waals surface area contributed by atoms with Crippen molar-refractivity contribution in [3.63, 3.8) is 0 Å². The van der Waals surface area contributed by atoms with Crippen molar-refractivity contribution in [2.45, 2.75) is 59.1 Å². The molecule has 0 radical (unpaired) electrons. The molecule has 0 fully saturated rings. The van der Waals surface area contributed by atoms with Crippen molar-refractivity contribution in [2.75, 3.05) is 4.90 Å². The second-order valence-corrected chi connectivity index (χ2v) is 12.5. The first kappa shape index (κ1) is 28.3. The first-order chi connectivity index (χ1) is 19.5. The van der Waals surface area contributed by atoms with Crippen LogP contribution in [0.5, 0.6) is 5.75 Å². The minimum Gasteiger partial charge on any atom is -0.503 e. The van der Waals surface area contributed by atoms with Gasteiger partial charge in [0.2, 0.25) is 5.78 Å². The molecule has 1 aliphatic rings. The molecule has 2 heterocycles. The van der Waals surface area contributed by atoms with Crippen molar-refractivity contribution in [2.24, 2.45) is 0 Å². The Labute approximate surface area is 245 Å². The summed E-state index contributed by atoms with van der Waals surface area (Å²) in [5.74, 6) is -0.887. The Morgan fingerprint density at radius 2 is 1.61 bits per heavy atom. The molecular weight excluding hydrogens is 532 g/mol. The third-order valence-electron chi connectivity index (χ3n) is 7.06. The number of aromatic nitrogens is 1. The van der Waals surface area contributed by atoms with Gasteiger partial charge in [-0.05, 0) is 61.6 Å². The zero-order valence-corrected chi connectivity index (χ0v) is 25.0. The molecule has 1 N–H and O–H groups in total. The Morgan fingerprint density at radius 3 is 2.20 bits per heavy atom. The number of benzene rings is 3. The van der Waals surface area contributed by atoms with Gasteiger partial charge in [0.25, 0.3) is 5.91 Å². The first-order valence-electron chi connectivity index (χ1n) is 13.7. The van der Waals surface area contributed by atoms with E-state index in [9.17, 15) is 14.7 Å². The molecule has 41 heavy (non-hydrogen) atoms. The van der Waals surface area contributed by atoms with E-state index in [2.05, 4.69) is 25.8 Å². The Kier molecular flexibility index (Phi) is 7.58. The number of aryl methyl sites for hydroxylation is 1. The zero-order chi connectivity index (χ0) is 29.5. The molecule has 0 aliphatic carbocycles. The van der Waals surface area contributed by atoms with E-state index >= 15 is 0 Å². The van der Waals surface area contributed by atoms with E-state index < -0.39 is 23.5 Å². The molecule has 0 bridgehead atoms. The van der Waals surface area contributed by atoms with Crippen molar-refractivity contribution in [1.29, 1.82) is 0 Å². The number of hydrogen-bond acceptors (Lipinski definition) is 6. The van der Waals surface area contributed by atoms with E-state index in [1.54, 1.807) is 6.92 Å². The summed E-state index contributed by atoms with van der Waals surface area (Å²) in [5.41, 5.74) is 3.82. The largest absolute Gasteiger partial charge is 0.503 e. The van der Waals surface area contributed by atoms with Gasteiger partial charge in [0, 0.05) is 11.3 Å². The summed E-state index contributed by atoms with van der Waals surface area (Å²) in [6, 6.07) is 23.8. The lowest BCUT2D eigenvalue weighted by molar-refractivity contribution is -0.117. The number of ether oxygens (including phenoxy) is 1. The minimum atomic E-state index is -0.828. The van der Waals surface area contributed by atoms with Gasteiger partial charge in [-0.3, -0.25) is 14.5 Å².